The van der Waals surface area contributed by atoms with Gasteiger partial charge in [-0.15, -0.1) is 0 Å². The van der Waals surface area contributed by atoms with E-state index in [2.05, 4.69) is 15.3 Å². The molecule has 0 saturated carbocycles. The summed E-state index contributed by atoms with van der Waals surface area (Å²) >= 11 is 0. The minimum absolute atomic E-state index is 0.164. The Hall–Kier alpha value is -3.94. The van der Waals surface area contributed by atoms with Crippen LogP contribution in [0, 0.1) is 6.92 Å². The Labute approximate surface area is 177 Å². The number of ether oxygens (including phenoxy) is 1. The lowest BCUT2D eigenvalue weighted by Crippen LogP contribution is -2.42. The van der Waals surface area contributed by atoms with Crippen molar-refractivity contribution in [2.75, 3.05) is 0 Å². The molecule has 1 aromatic carbocycles. The number of nitrogens with zero attached hydrogens (tertiary/aromatic N) is 2. The third-order valence-corrected chi connectivity index (χ3v) is 5.06. The second kappa shape index (κ2) is 8.43. The van der Waals surface area contributed by atoms with Crippen molar-refractivity contribution in [3.8, 4) is 0 Å². The summed E-state index contributed by atoms with van der Waals surface area (Å²) in [6.07, 6.45) is 2.09. The van der Waals surface area contributed by atoms with Crippen LogP contribution in [0.15, 0.2) is 59.5 Å². The summed E-state index contributed by atoms with van der Waals surface area (Å²) in [5.41, 5.74) is 3.19. The highest BCUT2D eigenvalue weighted by atomic mass is 16.5. The van der Waals surface area contributed by atoms with Gasteiger partial charge in [0.2, 0.25) is 5.91 Å². The van der Waals surface area contributed by atoms with E-state index in [9.17, 15) is 14.4 Å². The van der Waals surface area contributed by atoms with Crippen molar-refractivity contribution in [2.24, 2.45) is 0 Å². The molecule has 1 amide bonds. The molecule has 4 rings (SSSR count). The second-order valence-electron chi connectivity index (χ2n) is 7.37. The van der Waals surface area contributed by atoms with E-state index in [1.807, 2.05) is 43.5 Å². The van der Waals surface area contributed by atoms with E-state index < -0.39 is 12.0 Å². The summed E-state index contributed by atoms with van der Waals surface area (Å²) < 4.78 is 6.90. The maximum absolute atomic E-state index is 12.8. The largest absolute Gasteiger partial charge is 0.458 e. The van der Waals surface area contributed by atoms with Gasteiger partial charge in [-0.25, -0.2) is 9.78 Å². The van der Waals surface area contributed by atoms with Crippen LogP contribution in [-0.4, -0.2) is 32.3 Å². The van der Waals surface area contributed by atoms with Gasteiger partial charge in [-0.05, 0) is 30.7 Å². The zero-order valence-corrected chi connectivity index (χ0v) is 17.2. The number of aryl methyl sites for hydroxylation is 1. The first kappa shape index (κ1) is 20.3. The Morgan fingerprint density at radius 1 is 1.19 bits per heavy atom. The zero-order chi connectivity index (χ0) is 22.0. The molecular weight excluding hydrogens is 396 g/mol. The van der Waals surface area contributed by atoms with Gasteiger partial charge >= 0.3 is 5.97 Å². The van der Waals surface area contributed by atoms with Gasteiger partial charge in [-0.1, -0.05) is 24.3 Å². The molecule has 0 bridgehead atoms. The number of para-hydroxylation sites is 1. The van der Waals surface area contributed by atoms with E-state index >= 15 is 0 Å². The molecule has 4 aromatic rings. The third-order valence-electron chi connectivity index (χ3n) is 5.06. The molecule has 0 spiro atoms. The van der Waals surface area contributed by atoms with Gasteiger partial charge in [-0.3, -0.25) is 14.0 Å². The Morgan fingerprint density at radius 2 is 2.00 bits per heavy atom. The van der Waals surface area contributed by atoms with Gasteiger partial charge in [0.1, 0.15) is 18.3 Å². The maximum Gasteiger partial charge on any atom is 0.329 e. The predicted octanol–water partition coefficient (Wildman–Crippen LogP) is 2.27. The van der Waals surface area contributed by atoms with Crippen LogP contribution in [-0.2, 0) is 27.4 Å². The molecule has 0 saturated heterocycles. The molecule has 8 nitrogen and oxygen atoms in total. The van der Waals surface area contributed by atoms with Crippen molar-refractivity contribution >= 4 is 28.4 Å². The fraction of sp³-hybridized carbons (Fsp3) is 0.217. The first-order chi connectivity index (χ1) is 14.9. The predicted molar refractivity (Wildman–Crippen MR) is 116 cm³/mol. The smallest absolute Gasteiger partial charge is 0.329 e. The van der Waals surface area contributed by atoms with Gasteiger partial charge in [0.25, 0.3) is 5.56 Å². The van der Waals surface area contributed by atoms with Gasteiger partial charge in [0.15, 0.2) is 0 Å². The molecule has 31 heavy (non-hydrogen) atoms. The molecule has 0 radical (unpaired) electrons. The van der Waals surface area contributed by atoms with E-state index in [0.717, 1.165) is 22.2 Å². The molecule has 0 aliphatic carbocycles. The SMILES string of the molecule is CC(=O)N[C@@H](Cc1c[nH]c2ccccc12)C(=O)OCc1cc(=O)n2c(C)cccc2n1. The monoisotopic (exact) mass is 418 g/mol. The van der Waals surface area contributed by atoms with E-state index in [0.29, 0.717) is 11.3 Å². The van der Waals surface area contributed by atoms with E-state index in [1.54, 1.807) is 12.1 Å². The summed E-state index contributed by atoms with van der Waals surface area (Å²) in [5, 5.41) is 3.63. The number of benzene rings is 1. The number of fused-ring (bicyclic) bond motifs is 2. The quantitative estimate of drug-likeness (QED) is 0.468. The maximum atomic E-state index is 12.8. The number of carbonyl (C=O) groups excluding carboxylic acids is 2. The van der Waals surface area contributed by atoms with Gasteiger partial charge < -0.3 is 15.0 Å². The van der Waals surface area contributed by atoms with Crippen LogP contribution < -0.4 is 10.9 Å². The zero-order valence-electron chi connectivity index (χ0n) is 17.2. The molecule has 158 valence electrons. The molecule has 1 atom stereocenters. The van der Waals surface area contributed by atoms with Crippen LogP contribution in [0.2, 0.25) is 0 Å². The molecule has 3 aromatic heterocycles. The normalized spacial score (nSPS) is 12.1. The van der Waals surface area contributed by atoms with Crippen LogP contribution in [0.4, 0.5) is 0 Å². The number of nitrogens with one attached hydrogen (secondary N) is 2. The number of amides is 1. The van der Waals surface area contributed by atoms with Crippen LogP contribution in [0.5, 0.6) is 0 Å². The van der Waals surface area contributed by atoms with Crippen molar-refractivity contribution < 1.29 is 14.3 Å². The number of aromatic amines is 1. The minimum atomic E-state index is -0.861. The number of esters is 1. The van der Waals surface area contributed by atoms with Crippen molar-refractivity contribution in [1.82, 2.24) is 19.7 Å². The van der Waals surface area contributed by atoms with Gasteiger partial charge in [0, 0.05) is 42.2 Å². The lowest BCUT2D eigenvalue weighted by molar-refractivity contribution is -0.149. The highest BCUT2D eigenvalue weighted by molar-refractivity contribution is 5.86. The van der Waals surface area contributed by atoms with Gasteiger partial charge in [0.05, 0.1) is 5.69 Å². The fourth-order valence-electron chi connectivity index (χ4n) is 3.64. The molecule has 0 unspecified atom stereocenters. The van der Waals surface area contributed by atoms with Crippen molar-refractivity contribution in [1.29, 1.82) is 0 Å². The molecule has 8 heteroatoms. The summed E-state index contributed by atoms with van der Waals surface area (Å²) in [6.45, 7) is 3.00. The van der Waals surface area contributed by atoms with Crippen molar-refractivity contribution in [3.05, 3.63) is 82.0 Å². The van der Waals surface area contributed by atoms with E-state index in [4.69, 9.17) is 4.74 Å². The standard InChI is InChI=1S/C23H22N4O4/c1-14-6-5-9-21-26-17(11-22(29)27(14)21)13-31-23(30)20(25-15(2)28)10-16-12-24-19-8-4-3-7-18(16)19/h3-9,11-12,20,24H,10,13H2,1-2H3,(H,25,28)/t20-/m0/s1. The molecule has 2 N–H and O–H groups in total. The molecule has 0 aliphatic rings. The Morgan fingerprint density at radius 3 is 2.81 bits per heavy atom. The fourth-order valence-corrected chi connectivity index (χ4v) is 3.64. The average molecular weight is 418 g/mol. The average Bonchev–Trinajstić information content (AvgIpc) is 3.14. The number of hydrogen-bond acceptors (Lipinski definition) is 5. The second-order valence-corrected chi connectivity index (χ2v) is 7.37. The molecule has 0 aliphatic heterocycles. The van der Waals surface area contributed by atoms with Crippen molar-refractivity contribution in [3.63, 3.8) is 0 Å². The molecular formula is C23H22N4O4. The Balaban J connectivity index is 1.52. The summed E-state index contributed by atoms with van der Waals surface area (Å²) in [7, 11) is 0. The number of carbonyl (C=O) groups is 2. The van der Waals surface area contributed by atoms with Crippen molar-refractivity contribution in [2.45, 2.75) is 32.9 Å². The number of pyridine rings is 1. The topological polar surface area (TPSA) is 106 Å². The van der Waals surface area contributed by atoms with Crippen LogP contribution in [0.3, 0.4) is 0 Å². The van der Waals surface area contributed by atoms with Gasteiger partial charge in [-0.2, -0.15) is 0 Å². The first-order valence-corrected chi connectivity index (χ1v) is 9.89. The molecule has 3 heterocycles. The lowest BCUT2D eigenvalue weighted by Gasteiger charge is -2.16. The first-order valence-electron chi connectivity index (χ1n) is 9.89. The number of H-pyrrole nitrogens is 1. The van der Waals surface area contributed by atoms with Crippen LogP contribution in [0.1, 0.15) is 23.9 Å². The van der Waals surface area contributed by atoms with Crippen LogP contribution >= 0.6 is 0 Å². The summed E-state index contributed by atoms with van der Waals surface area (Å²) in [6, 6.07) is 13.6. The Bertz CT molecular complexity index is 1340. The van der Waals surface area contributed by atoms with E-state index in [-0.39, 0.29) is 24.5 Å². The lowest BCUT2D eigenvalue weighted by atomic mass is 10.0. The molecule has 0 fully saturated rings. The third kappa shape index (κ3) is 4.32. The highest BCUT2D eigenvalue weighted by Gasteiger charge is 2.23. The number of aromatic nitrogens is 3. The summed E-state index contributed by atoms with van der Waals surface area (Å²) in [5.74, 6) is -0.925. The van der Waals surface area contributed by atoms with Crippen LogP contribution in [0.25, 0.3) is 16.6 Å². The number of rotatable bonds is 6. The van der Waals surface area contributed by atoms with E-state index in [1.165, 1.54) is 17.4 Å². The highest BCUT2D eigenvalue weighted by Crippen LogP contribution is 2.19. The minimum Gasteiger partial charge on any atom is -0.458 e. The Kier molecular flexibility index (Phi) is 5.53. The summed E-state index contributed by atoms with van der Waals surface area (Å²) in [4.78, 5) is 44.4. The number of hydrogen-bond donors (Lipinski definition) is 2.